The minimum absolute atomic E-state index is 0.0728. The van der Waals surface area contributed by atoms with Crippen LogP contribution < -0.4 is 5.32 Å². The quantitative estimate of drug-likeness (QED) is 0.166. The molecule has 5 nitrogen and oxygen atoms in total. The largest absolute Gasteiger partial charge is 0.382 e. The van der Waals surface area contributed by atoms with Gasteiger partial charge in [0.15, 0.2) is 6.10 Å². The molecule has 0 heterocycles. The summed E-state index contributed by atoms with van der Waals surface area (Å²) in [5, 5.41) is 13.6. The third kappa shape index (κ3) is 18.4. The second-order valence-corrected chi connectivity index (χ2v) is 10.9. The fraction of sp³-hybridized carbons (Fsp3) is 0.885. The van der Waals surface area contributed by atoms with Crippen molar-refractivity contribution in [1.82, 2.24) is 5.32 Å². The number of hydrogen-bond acceptors (Lipinski definition) is 2. The van der Waals surface area contributed by atoms with Crippen LogP contribution in [-0.4, -0.2) is 87.0 Å². The first-order valence-electron chi connectivity index (χ1n) is 12.7. The summed E-state index contributed by atoms with van der Waals surface area (Å²) in [5.74, 6) is -0.0728. The molecule has 5 heteroatoms. The van der Waals surface area contributed by atoms with Gasteiger partial charge in [-0.3, -0.25) is 4.79 Å². The van der Waals surface area contributed by atoms with Gasteiger partial charge in [-0.25, -0.2) is 0 Å². The number of likely N-dealkylation sites (N-methyl/N-ethyl adjacent to an activating group) is 2. The highest BCUT2D eigenvalue weighted by atomic mass is 16.3. The molecule has 0 radical (unpaired) electrons. The zero-order valence-corrected chi connectivity index (χ0v) is 21.8. The van der Waals surface area contributed by atoms with E-state index in [0.717, 1.165) is 41.6 Å². The molecule has 1 unspecified atom stereocenters. The van der Waals surface area contributed by atoms with Crippen molar-refractivity contribution in [2.45, 2.75) is 90.6 Å². The van der Waals surface area contributed by atoms with Crippen molar-refractivity contribution < 1.29 is 18.9 Å². The molecule has 0 bridgehead atoms. The van der Waals surface area contributed by atoms with Gasteiger partial charge in [-0.1, -0.05) is 64.9 Å². The molecule has 0 aromatic heterocycles. The van der Waals surface area contributed by atoms with Crippen molar-refractivity contribution in [3.05, 3.63) is 12.2 Å². The SMILES string of the molecule is C=C(C)C(=O)NCCC[N+](C)(C)CC(O)C[N+](C)(C)CCCCCCCCCCCC. The number of aliphatic hydroxyl groups is 1. The molecule has 1 amide bonds. The summed E-state index contributed by atoms with van der Waals surface area (Å²) in [6.07, 6.45) is 14.2. The van der Waals surface area contributed by atoms with Gasteiger partial charge in [-0.05, 0) is 19.8 Å². The third-order valence-electron chi connectivity index (χ3n) is 6.14. The van der Waals surface area contributed by atoms with Crippen LogP contribution in [0.3, 0.4) is 0 Å². The summed E-state index contributed by atoms with van der Waals surface area (Å²) < 4.78 is 1.65. The average molecular weight is 442 g/mol. The summed E-state index contributed by atoms with van der Waals surface area (Å²) in [7, 11) is 8.80. The van der Waals surface area contributed by atoms with Gasteiger partial charge >= 0.3 is 0 Å². The van der Waals surface area contributed by atoms with Gasteiger partial charge in [0.25, 0.3) is 0 Å². The van der Waals surface area contributed by atoms with E-state index in [1.807, 2.05) is 0 Å². The first-order valence-corrected chi connectivity index (χ1v) is 12.7. The molecular formula is C26H55N3O2+2. The first kappa shape index (κ1) is 30.1. The van der Waals surface area contributed by atoms with Crippen LogP contribution in [0, 0.1) is 0 Å². The van der Waals surface area contributed by atoms with E-state index in [4.69, 9.17) is 0 Å². The van der Waals surface area contributed by atoms with Crippen LogP contribution in [0.25, 0.3) is 0 Å². The van der Waals surface area contributed by atoms with Crippen LogP contribution in [0.15, 0.2) is 12.2 Å². The fourth-order valence-electron chi connectivity index (χ4n) is 4.27. The Hall–Kier alpha value is -0.910. The third-order valence-corrected chi connectivity index (χ3v) is 6.14. The van der Waals surface area contributed by atoms with Crippen molar-refractivity contribution in [2.24, 2.45) is 0 Å². The Kier molecular flexibility index (Phi) is 16.2. The summed E-state index contributed by atoms with van der Waals surface area (Å²) in [6.45, 7) is 11.9. The molecule has 0 aromatic rings. The normalized spacial score (nSPS) is 13.3. The first-order chi connectivity index (χ1) is 14.5. The highest BCUT2D eigenvalue weighted by molar-refractivity contribution is 5.91. The number of hydrogen-bond donors (Lipinski definition) is 2. The molecule has 0 spiro atoms. The minimum atomic E-state index is -0.307. The molecule has 0 aliphatic carbocycles. The monoisotopic (exact) mass is 441 g/mol. The smallest absolute Gasteiger partial charge is 0.246 e. The average Bonchev–Trinajstić information content (AvgIpc) is 2.65. The van der Waals surface area contributed by atoms with Crippen LogP contribution >= 0.6 is 0 Å². The molecule has 0 aliphatic heterocycles. The summed E-state index contributed by atoms with van der Waals surface area (Å²) in [4.78, 5) is 11.6. The second-order valence-electron chi connectivity index (χ2n) is 10.9. The van der Waals surface area contributed by atoms with Gasteiger partial charge in [0.05, 0.1) is 41.3 Å². The summed E-state index contributed by atoms with van der Waals surface area (Å²) >= 11 is 0. The van der Waals surface area contributed by atoms with Crippen LogP contribution in [0.1, 0.15) is 84.5 Å². The van der Waals surface area contributed by atoms with Crippen LogP contribution in [0.2, 0.25) is 0 Å². The maximum absolute atomic E-state index is 11.6. The number of aliphatic hydroxyl groups excluding tert-OH is 1. The lowest BCUT2D eigenvalue weighted by Gasteiger charge is -2.36. The molecular weight excluding hydrogens is 386 g/mol. The standard InChI is InChI=1S/C26H54N3O2/c1-8-9-10-11-12-13-14-15-16-17-20-28(4,5)22-25(30)23-29(6,7)21-18-19-27-26(31)24(2)3/h25,30H,2,8-23H2,1,3-7H3/q+1/p+1. The van der Waals surface area contributed by atoms with Gasteiger partial charge in [-0.15, -0.1) is 0 Å². The van der Waals surface area contributed by atoms with E-state index in [0.29, 0.717) is 12.1 Å². The van der Waals surface area contributed by atoms with E-state index < -0.39 is 0 Å². The molecule has 0 rings (SSSR count). The van der Waals surface area contributed by atoms with Gasteiger partial charge < -0.3 is 19.4 Å². The molecule has 0 saturated carbocycles. The van der Waals surface area contributed by atoms with Crippen molar-refractivity contribution >= 4 is 5.91 Å². The Morgan fingerprint density at radius 2 is 1.23 bits per heavy atom. The van der Waals surface area contributed by atoms with Crippen LogP contribution in [-0.2, 0) is 4.79 Å². The van der Waals surface area contributed by atoms with Gasteiger partial charge in [0, 0.05) is 18.5 Å². The molecule has 31 heavy (non-hydrogen) atoms. The lowest BCUT2D eigenvalue weighted by molar-refractivity contribution is -0.914. The lowest BCUT2D eigenvalue weighted by Crippen LogP contribution is -2.53. The van der Waals surface area contributed by atoms with E-state index in [2.05, 4.69) is 47.0 Å². The minimum Gasteiger partial charge on any atom is -0.382 e. The van der Waals surface area contributed by atoms with Crippen molar-refractivity contribution in [3.63, 3.8) is 0 Å². The fourth-order valence-corrected chi connectivity index (χ4v) is 4.27. The highest BCUT2D eigenvalue weighted by Crippen LogP contribution is 2.12. The summed E-state index contributed by atoms with van der Waals surface area (Å²) in [5.41, 5.74) is 0.548. The van der Waals surface area contributed by atoms with E-state index in [1.54, 1.807) is 6.92 Å². The van der Waals surface area contributed by atoms with E-state index in [9.17, 15) is 9.90 Å². The topological polar surface area (TPSA) is 49.3 Å². The van der Waals surface area contributed by atoms with Gasteiger partial charge in [0.2, 0.25) is 5.91 Å². The summed E-state index contributed by atoms with van der Waals surface area (Å²) in [6, 6.07) is 0. The van der Waals surface area contributed by atoms with Crippen molar-refractivity contribution in [1.29, 1.82) is 0 Å². The van der Waals surface area contributed by atoms with E-state index >= 15 is 0 Å². The van der Waals surface area contributed by atoms with Crippen molar-refractivity contribution in [2.75, 3.05) is 60.9 Å². The van der Waals surface area contributed by atoms with Crippen LogP contribution in [0.5, 0.6) is 0 Å². The Morgan fingerprint density at radius 3 is 1.68 bits per heavy atom. The van der Waals surface area contributed by atoms with Gasteiger partial charge in [-0.2, -0.15) is 0 Å². The Balaban J connectivity index is 3.93. The highest BCUT2D eigenvalue weighted by Gasteiger charge is 2.26. The molecule has 0 aromatic carbocycles. The lowest BCUT2D eigenvalue weighted by atomic mass is 10.1. The van der Waals surface area contributed by atoms with Crippen molar-refractivity contribution in [3.8, 4) is 0 Å². The van der Waals surface area contributed by atoms with E-state index in [-0.39, 0.29) is 12.0 Å². The Morgan fingerprint density at radius 1 is 0.806 bits per heavy atom. The number of unbranched alkanes of at least 4 members (excludes halogenated alkanes) is 9. The molecule has 2 N–H and O–H groups in total. The number of quaternary nitrogens is 2. The number of carbonyl (C=O) groups excluding carboxylic acids is 1. The zero-order chi connectivity index (χ0) is 23.8. The number of carbonyl (C=O) groups is 1. The predicted molar refractivity (Wildman–Crippen MR) is 134 cm³/mol. The number of nitrogens with zero attached hydrogens (tertiary/aromatic N) is 2. The maximum atomic E-state index is 11.6. The molecule has 0 fully saturated rings. The Labute approximate surface area is 194 Å². The molecule has 0 aliphatic rings. The Bertz CT molecular complexity index is 489. The maximum Gasteiger partial charge on any atom is 0.246 e. The zero-order valence-electron chi connectivity index (χ0n) is 21.8. The predicted octanol–water partition coefficient (Wildman–Crippen LogP) is 4.50. The van der Waals surface area contributed by atoms with Gasteiger partial charge in [0.1, 0.15) is 13.1 Å². The number of amides is 1. The van der Waals surface area contributed by atoms with E-state index in [1.165, 1.54) is 64.2 Å². The molecule has 0 saturated heterocycles. The molecule has 184 valence electrons. The number of rotatable bonds is 20. The second kappa shape index (κ2) is 16.7. The molecule has 1 atom stereocenters. The van der Waals surface area contributed by atoms with Crippen LogP contribution in [0.4, 0.5) is 0 Å². The number of nitrogens with one attached hydrogen (secondary N) is 1.